The molecule has 168 valence electrons. The second kappa shape index (κ2) is 8.80. The van der Waals surface area contributed by atoms with E-state index in [1.54, 1.807) is 26.2 Å². The molecular weight excluding hydrogens is 414 g/mol. The fraction of sp³-hybridized carbons (Fsp3) is 0.304. The van der Waals surface area contributed by atoms with Crippen molar-refractivity contribution in [3.63, 3.8) is 0 Å². The molecule has 0 unspecified atom stereocenters. The number of para-hydroxylation sites is 2. The normalized spacial score (nSPS) is 15.3. The molecule has 1 aliphatic heterocycles. The lowest BCUT2D eigenvalue weighted by Gasteiger charge is -2.30. The summed E-state index contributed by atoms with van der Waals surface area (Å²) in [4.78, 5) is 17.9. The first-order valence-electron chi connectivity index (χ1n) is 10.1. The second-order valence-corrected chi connectivity index (χ2v) is 7.26. The van der Waals surface area contributed by atoms with Crippen LogP contribution in [0, 0.1) is 0 Å². The summed E-state index contributed by atoms with van der Waals surface area (Å²) in [6.45, 7) is 2.21. The third-order valence-corrected chi connectivity index (χ3v) is 5.39. The number of anilines is 1. The Bertz CT molecular complexity index is 1170. The van der Waals surface area contributed by atoms with Crippen LogP contribution in [0.25, 0.3) is 11.0 Å². The van der Waals surface area contributed by atoms with Gasteiger partial charge in [-0.05, 0) is 36.8 Å². The maximum Gasteiger partial charge on any atom is 0.338 e. The van der Waals surface area contributed by atoms with Gasteiger partial charge in [0.15, 0.2) is 11.5 Å². The lowest BCUT2D eigenvalue weighted by Crippen LogP contribution is -2.29. The average molecular weight is 439 g/mol. The Morgan fingerprint density at radius 1 is 1.12 bits per heavy atom. The summed E-state index contributed by atoms with van der Waals surface area (Å²) in [5.74, 6) is 0.454. The van der Waals surface area contributed by atoms with Gasteiger partial charge in [-0.15, -0.1) is 0 Å². The first kappa shape index (κ1) is 21.5. The molecule has 0 amide bonds. The van der Waals surface area contributed by atoms with E-state index in [1.165, 1.54) is 14.2 Å². The number of phenolic OH excluding ortho intramolecular Hbond substituents is 1. The van der Waals surface area contributed by atoms with Gasteiger partial charge in [0.2, 0.25) is 11.7 Å². The molecule has 9 heteroatoms. The number of benzene rings is 2. The lowest BCUT2D eigenvalue weighted by atomic mass is 9.94. The van der Waals surface area contributed by atoms with Crippen LogP contribution in [0.3, 0.4) is 0 Å². The molecule has 0 saturated heterocycles. The molecule has 0 radical (unpaired) electrons. The number of rotatable bonds is 7. The van der Waals surface area contributed by atoms with Crippen LogP contribution in [0.5, 0.6) is 17.2 Å². The van der Waals surface area contributed by atoms with Crippen LogP contribution in [0.15, 0.2) is 47.7 Å². The number of methoxy groups -OCH3 is 3. The first-order chi connectivity index (χ1) is 15.5. The standard InChI is InChI=1S/C23H25N3O6/c1-13-19(22(28)32-10-9-29-2)20(14-11-17(30-3)21(27)18(12-14)31-4)26-16-8-6-5-7-15(16)25-23(26)24-13/h5-8,11-12,20,27H,9-10H2,1-4H3,(H,24,25)/t20-/m0/s1. The number of esters is 1. The van der Waals surface area contributed by atoms with Crippen molar-refractivity contribution in [2.45, 2.75) is 13.0 Å². The van der Waals surface area contributed by atoms with Crippen molar-refractivity contribution in [2.75, 3.05) is 39.9 Å². The Labute approximate surface area is 185 Å². The highest BCUT2D eigenvalue weighted by Crippen LogP contribution is 2.45. The fourth-order valence-corrected chi connectivity index (χ4v) is 3.91. The Kier molecular flexibility index (Phi) is 5.91. The number of allylic oxidation sites excluding steroid dienone is 1. The van der Waals surface area contributed by atoms with Gasteiger partial charge in [0.1, 0.15) is 6.61 Å². The van der Waals surface area contributed by atoms with Crippen molar-refractivity contribution >= 4 is 23.0 Å². The predicted molar refractivity (Wildman–Crippen MR) is 118 cm³/mol. The van der Waals surface area contributed by atoms with Crippen molar-refractivity contribution in [3.05, 3.63) is 53.2 Å². The van der Waals surface area contributed by atoms with Crippen LogP contribution in [-0.2, 0) is 14.3 Å². The topological polar surface area (TPSA) is 104 Å². The summed E-state index contributed by atoms with van der Waals surface area (Å²) in [5.41, 5.74) is 3.30. The number of imidazole rings is 1. The first-order valence-corrected chi connectivity index (χ1v) is 10.1. The lowest BCUT2D eigenvalue weighted by molar-refractivity contribution is -0.140. The van der Waals surface area contributed by atoms with E-state index < -0.39 is 12.0 Å². The highest BCUT2D eigenvalue weighted by atomic mass is 16.6. The summed E-state index contributed by atoms with van der Waals surface area (Å²) in [6, 6.07) is 10.4. The van der Waals surface area contributed by atoms with Crippen LogP contribution in [-0.4, -0.2) is 55.2 Å². The Morgan fingerprint density at radius 3 is 2.47 bits per heavy atom. The number of nitrogens with zero attached hydrogens (tertiary/aromatic N) is 2. The van der Waals surface area contributed by atoms with Crippen LogP contribution in [0.4, 0.5) is 5.95 Å². The molecule has 9 nitrogen and oxygen atoms in total. The zero-order valence-corrected chi connectivity index (χ0v) is 18.3. The Balaban J connectivity index is 1.94. The number of hydrogen-bond acceptors (Lipinski definition) is 8. The molecule has 0 bridgehead atoms. The monoisotopic (exact) mass is 439 g/mol. The van der Waals surface area contributed by atoms with Gasteiger partial charge < -0.3 is 29.4 Å². The molecule has 3 aromatic rings. The quantitative estimate of drug-likeness (QED) is 0.427. The second-order valence-electron chi connectivity index (χ2n) is 7.26. The largest absolute Gasteiger partial charge is 0.502 e. The number of fused-ring (bicyclic) bond motifs is 3. The Hall–Kier alpha value is -3.72. The highest BCUT2D eigenvalue weighted by molar-refractivity contribution is 5.94. The number of hydrogen-bond donors (Lipinski definition) is 2. The average Bonchev–Trinajstić information content (AvgIpc) is 3.16. The molecule has 2 heterocycles. The van der Waals surface area contributed by atoms with Gasteiger partial charge >= 0.3 is 5.97 Å². The molecule has 1 aromatic heterocycles. The van der Waals surface area contributed by atoms with Gasteiger partial charge in [0.05, 0.1) is 43.5 Å². The van der Waals surface area contributed by atoms with Crippen molar-refractivity contribution < 1.29 is 28.8 Å². The third kappa shape index (κ3) is 3.60. The van der Waals surface area contributed by atoms with E-state index in [0.717, 1.165) is 11.0 Å². The molecule has 1 atom stereocenters. The number of carbonyl (C=O) groups excluding carboxylic acids is 1. The molecule has 2 aromatic carbocycles. The number of aromatic nitrogens is 2. The highest BCUT2D eigenvalue weighted by Gasteiger charge is 2.36. The maximum atomic E-state index is 13.2. The number of phenols is 1. The minimum absolute atomic E-state index is 0.117. The molecule has 4 rings (SSSR count). The minimum atomic E-state index is -0.600. The van der Waals surface area contributed by atoms with Crippen molar-refractivity contribution in [2.24, 2.45) is 0 Å². The van der Waals surface area contributed by atoms with E-state index in [1.807, 2.05) is 28.8 Å². The van der Waals surface area contributed by atoms with Gasteiger partial charge in [-0.2, -0.15) is 0 Å². The fourth-order valence-electron chi connectivity index (χ4n) is 3.91. The van der Waals surface area contributed by atoms with E-state index in [9.17, 15) is 9.90 Å². The molecule has 1 aliphatic rings. The Morgan fingerprint density at radius 2 is 1.81 bits per heavy atom. The van der Waals surface area contributed by atoms with Crippen molar-refractivity contribution in [1.29, 1.82) is 0 Å². The summed E-state index contributed by atoms with van der Waals surface area (Å²) in [7, 11) is 4.46. The number of ether oxygens (including phenoxy) is 4. The summed E-state index contributed by atoms with van der Waals surface area (Å²) >= 11 is 0. The SMILES string of the molecule is COCCOC(=O)C1=C(C)Nc2nc3ccccc3n2[C@H]1c1cc(OC)c(O)c(OC)c1. The smallest absolute Gasteiger partial charge is 0.338 e. The number of aromatic hydroxyl groups is 1. The van der Waals surface area contributed by atoms with Gasteiger partial charge in [-0.3, -0.25) is 4.57 Å². The van der Waals surface area contributed by atoms with Crippen LogP contribution < -0.4 is 14.8 Å². The van der Waals surface area contributed by atoms with Gasteiger partial charge in [0, 0.05) is 12.8 Å². The summed E-state index contributed by atoms with van der Waals surface area (Å²) < 4.78 is 23.1. The molecule has 0 aliphatic carbocycles. The molecule has 0 spiro atoms. The minimum Gasteiger partial charge on any atom is -0.502 e. The zero-order chi connectivity index (χ0) is 22.8. The van der Waals surface area contributed by atoms with Crippen LogP contribution in [0.1, 0.15) is 18.5 Å². The summed E-state index contributed by atoms with van der Waals surface area (Å²) in [5, 5.41) is 13.6. The van der Waals surface area contributed by atoms with E-state index in [4.69, 9.17) is 18.9 Å². The van der Waals surface area contributed by atoms with Gasteiger partial charge in [-0.25, -0.2) is 9.78 Å². The van der Waals surface area contributed by atoms with Crippen molar-refractivity contribution in [3.8, 4) is 17.2 Å². The third-order valence-electron chi connectivity index (χ3n) is 5.39. The summed E-state index contributed by atoms with van der Waals surface area (Å²) in [6.07, 6.45) is 0. The molecule has 0 saturated carbocycles. The maximum absolute atomic E-state index is 13.2. The van der Waals surface area contributed by atoms with Gasteiger partial charge in [-0.1, -0.05) is 12.1 Å². The molecule has 0 fully saturated rings. The number of nitrogens with one attached hydrogen (secondary N) is 1. The molecule has 2 N–H and O–H groups in total. The molecule has 32 heavy (non-hydrogen) atoms. The predicted octanol–water partition coefficient (Wildman–Crippen LogP) is 3.24. The molecular formula is C23H25N3O6. The van der Waals surface area contributed by atoms with Crippen molar-refractivity contribution in [1.82, 2.24) is 9.55 Å². The zero-order valence-electron chi connectivity index (χ0n) is 18.3. The van der Waals surface area contributed by atoms with Gasteiger partial charge in [0.25, 0.3) is 0 Å². The van der Waals surface area contributed by atoms with Crippen LogP contribution >= 0.6 is 0 Å². The van der Waals surface area contributed by atoms with E-state index >= 15 is 0 Å². The van der Waals surface area contributed by atoms with Crippen LogP contribution in [0.2, 0.25) is 0 Å². The van der Waals surface area contributed by atoms with E-state index in [-0.39, 0.29) is 30.5 Å². The van der Waals surface area contributed by atoms with E-state index in [2.05, 4.69) is 10.3 Å². The van der Waals surface area contributed by atoms with E-state index in [0.29, 0.717) is 22.8 Å². The number of carbonyl (C=O) groups is 1.